The molecule has 0 saturated heterocycles. The molecular formula is C33H33NO4S. The molecule has 5 aliphatic rings. The Morgan fingerprint density at radius 2 is 1.56 bits per heavy atom. The number of benzene rings is 3. The van der Waals surface area contributed by atoms with Crippen LogP contribution in [0.25, 0.3) is 21.9 Å². The number of rotatable bonds is 7. The van der Waals surface area contributed by atoms with E-state index in [9.17, 15) is 14.4 Å². The summed E-state index contributed by atoms with van der Waals surface area (Å²) in [7, 11) is 0. The Kier molecular flexibility index (Phi) is 6.07. The highest BCUT2D eigenvalue weighted by Crippen LogP contribution is 2.61. The zero-order valence-corrected chi connectivity index (χ0v) is 23.0. The van der Waals surface area contributed by atoms with Gasteiger partial charge in [0, 0.05) is 27.5 Å². The van der Waals surface area contributed by atoms with Crippen LogP contribution in [-0.4, -0.2) is 36.1 Å². The number of carbonyl (C=O) groups excluding carboxylic acids is 3. The highest BCUT2D eigenvalue weighted by atomic mass is 32.2. The van der Waals surface area contributed by atoms with Crippen molar-refractivity contribution in [3.05, 3.63) is 65.7 Å². The molecule has 0 aliphatic heterocycles. The molecule has 4 saturated carbocycles. The Balaban J connectivity index is 0.984. The lowest BCUT2D eigenvalue weighted by molar-refractivity contribution is -0.147. The number of amides is 1. The largest absolute Gasteiger partial charge is 0.455 e. The van der Waals surface area contributed by atoms with Crippen LogP contribution in [0.2, 0.25) is 0 Å². The van der Waals surface area contributed by atoms with Gasteiger partial charge in [0.05, 0.1) is 5.75 Å². The first kappa shape index (κ1) is 24.9. The summed E-state index contributed by atoms with van der Waals surface area (Å²) in [5.74, 6) is 1.98. The molecule has 39 heavy (non-hydrogen) atoms. The van der Waals surface area contributed by atoms with Crippen LogP contribution in [0.1, 0.15) is 61.4 Å². The third-order valence-electron chi connectivity index (χ3n) is 9.80. The summed E-state index contributed by atoms with van der Waals surface area (Å²) < 4.78 is 5.37. The molecule has 200 valence electrons. The van der Waals surface area contributed by atoms with Gasteiger partial charge in [-0.05, 0) is 91.2 Å². The molecule has 3 aromatic rings. The molecule has 1 atom stereocenters. The van der Waals surface area contributed by atoms with Crippen molar-refractivity contribution in [2.24, 2.45) is 23.2 Å². The lowest BCUT2D eigenvalue weighted by Crippen LogP contribution is -2.56. The Hall–Kier alpha value is -3.12. The summed E-state index contributed by atoms with van der Waals surface area (Å²) in [6, 6.07) is 17.6. The maximum atomic E-state index is 13.2. The standard InChI is InChI=1S/C33H33NO4S/c1-19(33-14-20-11-21(15-33)13-22(12-20)16-33)34-29(35)17-38-30(36)18-39-28-10-9-24-23-5-2-3-6-25(23)32(37)27-8-4-7-26(28)31(24)27/h2-10,19-22H,11-18H2,1H3,(H,34,35)/t19-,20?,21?,22?,33?/m1/s1. The number of fused-ring (bicyclic) bond motifs is 2. The second-order valence-electron chi connectivity index (χ2n) is 12.2. The average molecular weight is 540 g/mol. The summed E-state index contributed by atoms with van der Waals surface area (Å²) in [6.45, 7) is 1.90. The van der Waals surface area contributed by atoms with Crippen LogP contribution >= 0.6 is 11.8 Å². The van der Waals surface area contributed by atoms with E-state index in [-0.39, 0.29) is 35.5 Å². The first-order valence-corrected chi connectivity index (χ1v) is 15.2. The lowest BCUT2D eigenvalue weighted by atomic mass is 9.48. The molecule has 0 unspecified atom stereocenters. The zero-order chi connectivity index (χ0) is 26.7. The topological polar surface area (TPSA) is 72.5 Å². The van der Waals surface area contributed by atoms with Gasteiger partial charge in [-0.1, -0.05) is 48.5 Å². The summed E-state index contributed by atoms with van der Waals surface area (Å²) in [4.78, 5) is 39.4. The molecule has 4 fully saturated rings. The van der Waals surface area contributed by atoms with E-state index in [1.54, 1.807) is 0 Å². The van der Waals surface area contributed by atoms with Gasteiger partial charge in [-0.15, -0.1) is 11.8 Å². The maximum Gasteiger partial charge on any atom is 0.316 e. The second-order valence-corrected chi connectivity index (χ2v) is 13.2. The lowest BCUT2D eigenvalue weighted by Gasteiger charge is -2.59. The number of carbonyl (C=O) groups is 3. The van der Waals surface area contributed by atoms with Crippen LogP contribution in [0, 0.1) is 23.2 Å². The molecule has 3 aromatic carbocycles. The highest BCUT2D eigenvalue weighted by molar-refractivity contribution is 8.00. The fraction of sp³-hybridized carbons (Fsp3) is 0.424. The van der Waals surface area contributed by atoms with Crippen molar-refractivity contribution in [1.29, 1.82) is 0 Å². The van der Waals surface area contributed by atoms with Gasteiger partial charge >= 0.3 is 5.97 Å². The number of thioether (sulfide) groups is 1. The van der Waals surface area contributed by atoms with Crippen LogP contribution in [0.5, 0.6) is 0 Å². The Morgan fingerprint density at radius 1 is 0.897 bits per heavy atom. The van der Waals surface area contributed by atoms with E-state index in [0.29, 0.717) is 5.56 Å². The minimum Gasteiger partial charge on any atom is -0.455 e. The fourth-order valence-electron chi connectivity index (χ4n) is 8.45. The molecule has 0 spiro atoms. The summed E-state index contributed by atoms with van der Waals surface area (Å²) in [5, 5.41) is 5.05. The minimum atomic E-state index is -0.417. The van der Waals surface area contributed by atoms with Crippen molar-refractivity contribution < 1.29 is 19.1 Å². The first-order chi connectivity index (χ1) is 18.9. The number of ether oxygens (including phenoxy) is 1. The Labute approximate surface area is 233 Å². The van der Waals surface area contributed by atoms with Crippen molar-refractivity contribution >= 4 is 40.2 Å². The molecule has 5 aliphatic carbocycles. The van der Waals surface area contributed by atoms with Gasteiger partial charge in [0.2, 0.25) is 0 Å². The van der Waals surface area contributed by atoms with E-state index in [1.807, 2.05) is 54.6 Å². The van der Waals surface area contributed by atoms with E-state index < -0.39 is 5.97 Å². The van der Waals surface area contributed by atoms with Crippen LogP contribution in [0.4, 0.5) is 0 Å². The molecule has 0 heterocycles. The molecular weight excluding hydrogens is 506 g/mol. The molecule has 0 aromatic heterocycles. The number of hydrogen-bond acceptors (Lipinski definition) is 5. The Morgan fingerprint density at radius 3 is 2.28 bits per heavy atom. The van der Waals surface area contributed by atoms with Crippen LogP contribution in [0.3, 0.4) is 0 Å². The van der Waals surface area contributed by atoms with Crippen molar-refractivity contribution in [3.8, 4) is 11.1 Å². The van der Waals surface area contributed by atoms with Gasteiger partial charge in [0.1, 0.15) is 0 Å². The van der Waals surface area contributed by atoms with E-state index >= 15 is 0 Å². The molecule has 4 bridgehead atoms. The number of esters is 1. The summed E-state index contributed by atoms with van der Waals surface area (Å²) in [6.07, 6.45) is 7.79. The van der Waals surface area contributed by atoms with Crippen LogP contribution < -0.4 is 5.32 Å². The average Bonchev–Trinajstić information content (AvgIpc) is 2.93. The second kappa shape index (κ2) is 9.51. The first-order valence-electron chi connectivity index (χ1n) is 14.2. The predicted molar refractivity (Wildman–Crippen MR) is 153 cm³/mol. The normalized spacial score (nSPS) is 26.8. The van der Waals surface area contributed by atoms with Crippen molar-refractivity contribution in [2.45, 2.75) is 56.4 Å². The van der Waals surface area contributed by atoms with Crippen molar-refractivity contribution in [1.82, 2.24) is 5.32 Å². The van der Waals surface area contributed by atoms with E-state index in [4.69, 9.17) is 4.74 Å². The van der Waals surface area contributed by atoms with Gasteiger partial charge in [0.25, 0.3) is 5.91 Å². The third kappa shape index (κ3) is 4.28. The van der Waals surface area contributed by atoms with Crippen molar-refractivity contribution in [2.75, 3.05) is 12.4 Å². The number of hydrogen-bond donors (Lipinski definition) is 1. The SMILES string of the molecule is C[C@@H](NC(=O)COC(=O)CSc1ccc2c3c(cccc13)C(=O)c1ccccc1-2)C12CC3CC(CC(C3)C1)C2. The van der Waals surface area contributed by atoms with E-state index in [2.05, 4.69) is 12.2 Å². The van der Waals surface area contributed by atoms with Gasteiger partial charge < -0.3 is 10.1 Å². The molecule has 0 radical (unpaired) electrons. The molecule has 5 nitrogen and oxygen atoms in total. The highest BCUT2D eigenvalue weighted by Gasteiger charge is 2.53. The van der Waals surface area contributed by atoms with Crippen LogP contribution in [-0.2, 0) is 14.3 Å². The van der Waals surface area contributed by atoms with Gasteiger partial charge in [0.15, 0.2) is 12.4 Å². The third-order valence-corrected chi connectivity index (χ3v) is 10.8. The zero-order valence-electron chi connectivity index (χ0n) is 22.2. The molecule has 1 amide bonds. The predicted octanol–water partition coefficient (Wildman–Crippen LogP) is 6.41. The van der Waals surface area contributed by atoms with Gasteiger partial charge in [-0.3, -0.25) is 14.4 Å². The number of ketones is 1. The summed E-state index contributed by atoms with van der Waals surface area (Å²) >= 11 is 1.38. The van der Waals surface area contributed by atoms with Crippen LogP contribution in [0.15, 0.2) is 59.5 Å². The maximum absolute atomic E-state index is 13.2. The molecule has 6 heteroatoms. The number of nitrogens with one attached hydrogen (secondary N) is 1. The van der Waals surface area contributed by atoms with Gasteiger partial charge in [-0.25, -0.2) is 0 Å². The fourth-order valence-corrected chi connectivity index (χ4v) is 9.30. The Bertz CT molecular complexity index is 1480. The summed E-state index contributed by atoms with van der Waals surface area (Å²) in [5.41, 5.74) is 3.61. The van der Waals surface area contributed by atoms with Gasteiger partial charge in [-0.2, -0.15) is 0 Å². The van der Waals surface area contributed by atoms with E-state index in [0.717, 1.165) is 50.1 Å². The van der Waals surface area contributed by atoms with Crippen molar-refractivity contribution in [3.63, 3.8) is 0 Å². The minimum absolute atomic E-state index is 0.0269. The quantitative estimate of drug-likeness (QED) is 0.217. The molecule has 1 N–H and O–H groups in total. The monoisotopic (exact) mass is 539 g/mol. The molecule has 8 rings (SSSR count). The smallest absolute Gasteiger partial charge is 0.316 e. The van der Waals surface area contributed by atoms with E-state index in [1.165, 1.54) is 50.3 Å².